The topological polar surface area (TPSA) is 70.3 Å². The van der Waals surface area contributed by atoms with Crippen molar-refractivity contribution in [2.75, 3.05) is 12.3 Å². The highest BCUT2D eigenvalue weighted by Gasteiger charge is 2.08. The second kappa shape index (κ2) is 5.68. The van der Waals surface area contributed by atoms with Crippen LogP contribution in [0.4, 0.5) is 5.82 Å². The maximum Gasteiger partial charge on any atom is 0.325 e. The maximum absolute atomic E-state index is 5.62. The molecule has 0 unspecified atom stereocenters. The molecule has 0 fully saturated rings. The Morgan fingerprint density at radius 1 is 1.22 bits per heavy atom. The summed E-state index contributed by atoms with van der Waals surface area (Å²) >= 11 is 3.23. The van der Waals surface area contributed by atoms with Gasteiger partial charge in [-0.3, -0.25) is 0 Å². The SMILES string of the molecule is CCOc1ccccc1Oc1nc(N)cc(Br)n1. The molecule has 2 rings (SSSR count). The molecule has 0 aliphatic carbocycles. The summed E-state index contributed by atoms with van der Waals surface area (Å²) in [7, 11) is 0. The van der Waals surface area contributed by atoms with E-state index in [0.29, 0.717) is 28.5 Å². The predicted octanol–water partition coefficient (Wildman–Crippen LogP) is 3.01. The van der Waals surface area contributed by atoms with E-state index < -0.39 is 0 Å². The molecule has 18 heavy (non-hydrogen) atoms. The van der Waals surface area contributed by atoms with Crippen molar-refractivity contribution >= 4 is 21.7 Å². The molecule has 0 spiro atoms. The molecule has 2 aromatic rings. The van der Waals surface area contributed by atoms with Gasteiger partial charge in [-0.15, -0.1) is 0 Å². The van der Waals surface area contributed by atoms with Gasteiger partial charge in [-0.05, 0) is 35.0 Å². The van der Waals surface area contributed by atoms with Gasteiger partial charge in [0.25, 0.3) is 0 Å². The van der Waals surface area contributed by atoms with Crippen molar-refractivity contribution in [2.45, 2.75) is 6.92 Å². The molecule has 1 heterocycles. The number of nitrogen functional groups attached to an aromatic ring is 1. The summed E-state index contributed by atoms with van der Waals surface area (Å²) in [4.78, 5) is 8.07. The van der Waals surface area contributed by atoms with Gasteiger partial charge in [0, 0.05) is 6.07 Å². The van der Waals surface area contributed by atoms with Gasteiger partial charge >= 0.3 is 6.01 Å². The number of benzene rings is 1. The van der Waals surface area contributed by atoms with Crippen molar-refractivity contribution in [1.82, 2.24) is 9.97 Å². The van der Waals surface area contributed by atoms with Gasteiger partial charge in [0.15, 0.2) is 11.5 Å². The van der Waals surface area contributed by atoms with Crippen LogP contribution in [0.5, 0.6) is 17.5 Å². The number of para-hydroxylation sites is 2. The number of anilines is 1. The zero-order valence-corrected chi connectivity index (χ0v) is 11.3. The van der Waals surface area contributed by atoms with E-state index in [-0.39, 0.29) is 6.01 Å². The maximum atomic E-state index is 5.62. The smallest absolute Gasteiger partial charge is 0.325 e. The van der Waals surface area contributed by atoms with Gasteiger partial charge in [-0.2, -0.15) is 9.97 Å². The second-order valence-corrected chi connectivity index (χ2v) is 4.19. The summed E-state index contributed by atoms with van der Waals surface area (Å²) in [6.45, 7) is 2.46. The molecule has 1 aromatic heterocycles. The summed E-state index contributed by atoms with van der Waals surface area (Å²) < 4.78 is 11.6. The minimum atomic E-state index is 0.175. The van der Waals surface area contributed by atoms with Gasteiger partial charge in [-0.1, -0.05) is 12.1 Å². The van der Waals surface area contributed by atoms with Crippen LogP contribution in [0, 0.1) is 0 Å². The minimum absolute atomic E-state index is 0.175. The molecule has 1 aromatic carbocycles. The van der Waals surface area contributed by atoms with Crippen molar-refractivity contribution in [3.05, 3.63) is 34.9 Å². The van der Waals surface area contributed by atoms with Crippen molar-refractivity contribution < 1.29 is 9.47 Å². The first-order valence-corrected chi connectivity index (χ1v) is 6.18. The van der Waals surface area contributed by atoms with E-state index in [4.69, 9.17) is 15.2 Å². The van der Waals surface area contributed by atoms with Crippen LogP contribution in [0.25, 0.3) is 0 Å². The molecule has 0 atom stereocenters. The Hall–Kier alpha value is -1.82. The Labute approximate surface area is 113 Å². The lowest BCUT2D eigenvalue weighted by atomic mass is 10.3. The molecule has 0 aliphatic heterocycles. The summed E-state index contributed by atoms with van der Waals surface area (Å²) in [5.74, 6) is 1.53. The fraction of sp³-hybridized carbons (Fsp3) is 0.167. The van der Waals surface area contributed by atoms with Crippen LogP contribution in [-0.2, 0) is 0 Å². The molecular weight excluding hydrogens is 298 g/mol. The third-order valence-electron chi connectivity index (χ3n) is 2.04. The predicted molar refractivity (Wildman–Crippen MR) is 71.8 cm³/mol. The molecular formula is C12H12BrN3O2. The van der Waals surface area contributed by atoms with E-state index in [1.165, 1.54) is 0 Å². The number of nitrogens with two attached hydrogens (primary N) is 1. The molecule has 5 nitrogen and oxygen atoms in total. The van der Waals surface area contributed by atoms with Crippen molar-refractivity contribution in [3.63, 3.8) is 0 Å². The zero-order valence-electron chi connectivity index (χ0n) is 9.76. The van der Waals surface area contributed by atoms with Crippen LogP contribution in [0.3, 0.4) is 0 Å². The standard InChI is InChI=1S/C12H12BrN3O2/c1-2-17-8-5-3-4-6-9(8)18-12-15-10(13)7-11(14)16-12/h3-7H,2H2,1H3,(H2,14,15,16). The van der Waals surface area contributed by atoms with E-state index >= 15 is 0 Å². The normalized spacial score (nSPS) is 10.1. The zero-order chi connectivity index (χ0) is 13.0. The molecule has 0 aliphatic rings. The summed E-state index contributed by atoms with van der Waals surface area (Å²) in [6, 6.07) is 9.09. The number of hydrogen-bond donors (Lipinski definition) is 1. The first-order chi connectivity index (χ1) is 8.69. The van der Waals surface area contributed by atoms with Gasteiger partial charge < -0.3 is 15.2 Å². The number of ether oxygens (including phenoxy) is 2. The van der Waals surface area contributed by atoms with E-state index in [1.807, 2.05) is 25.1 Å². The van der Waals surface area contributed by atoms with Crippen molar-refractivity contribution in [2.24, 2.45) is 0 Å². The fourth-order valence-corrected chi connectivity index (χ4v) is 1.75. The highest BCUT2D eigenvalue weighted by atomic mass is 79.9. The Balaban J connectivity index is 2.27. The first kappa shape index (κ1) is 12.6. The van der Waals surface area contributed by atoms with Crippen LogP contribution >= 0.6 is 15.9 Å². The number of hydrogen-bond acceptors (Lipinski definition) is 5. The Kier molecular flexibility index (Phi) is 3.99. The summed E-state index contributed by atoms with van der Waals surface area (Å²) in [5, 5.41) is 0. The second-order valence-electron chi connectivity index (χ2n) is 3.38. The Morgan fingerprint density at radius 2 is 1.94 bits per heavy atom. The van der Waals surface area contributed by atoms with Crippen molar-refractivity contribution in [1.29, 1.82) is 0 Å². The molecule has 0 saturated carbocycles. The van der Waals surface area contributed by atoms with Crippen LogP contribution in [0.2, 0.25) is 0 Å². The lowest BCUT2D eigenvalue weighted by Gasteiger charge is -2.10. The molecule has 0 amide bonds. The number of halogens is 1. The molecule has 0 radical (unpaired) electrons. The van der Waals surface area contributed by atoms with Crippen LogP contribution < -0.4 is 15.2 Å². The monoisotopic (exact) mass is 309 g/mol. The molecule has 94 valence electrons. The lowest BCUT2D eigenvalue weighted by molar-refractivity contribution is 0.317. The first-order valence-electron chi connectivity index (χ1n) is 5.38. The van der Waals surface area contributed by atoms with E-state index in [1.54, 1.807) is 12.1 Å². The quantitative estimate of drug-likeness (QED) is 0.879. The van der Waals surface area contributed by atoms with Gasteiger partial charge in [0.05, 0.1) is 6.61 Å². The van der Waals surface area contributed by atoms with Crippen molar-refractivity contribution in [3.8, 4) is 17.5 Å². The highest BCUT2D eigenvalue weighted by molar-refractivity contribution is 9.10. The largest absolute Gasteiger partial charge is 0.490 e. The summed E-state index contributed by atoms with van der Waals surface area (Å²) in [5.41, 5.74) is 5.62. The van der Waals surface area contributed by atoms with E-state index in [9.17, 15) is 0 Å². The molecule has 2 N–H and O–H groups in total. The van der Waals surface area contributed by atoms with E-state index in [0.717, 1.165) is 0 Å². The lowest BCUT2D eigenvalue weighted by Crippen LogP contribution is -1.99. The number of nitrogens with zero attached hydrogens (tertiary/aromatic N) is 2. The van der Waals surface area contributed by atoms with Crippen LogP contribution in [0.15, 0.2) is 34.9 Å². The number of rotatable bonds is 4. The fourth-order valence-electron chi connectivity index (χ4n) is 1.37. The van der Waals surface area contributed by atoms with Gasteiger partial charge in [-0.25, -0.2) is 0 Å². The van der Waals surface area contributed by atoms with Crippen LogP contribution in [0.1, 0.15) is 6.92 Å². The Morgan fingerprint density at radius 3 is 2.61 bits per heavy atom. The average molecular weight is 310 g/mol. The van der Waals surface area contributed by atoms with Gasteiger partial charge in [0.2, 0.25) is 0 Å². The molecule has 6 heteroatoms. The average Bonchev–Trinajstić information content (AvgIpc) is 2.30. The highest BCUT2D eigenvalue weighted by Crippen LogP contribution is 2.30. The van der Waals surface area contributed by atoms with E-state index in [2.05, 4.69) is 25.9 Å². The summed E-state index contributed by atoms with van der Waals surface area (Å²) in [6.07, 6.45) is 0. The Bertz CT molecular complexity index is 528. The van der Waals surface area contributed by atoms with Crippen LogP contribution in [-0.4, -0.2) is 16.6 Å². The third kappa shape index (κ3) is 3.10. The third-order valence-corrected chi connectivity index (χ3v) is 2.45. The van der Waals surface area contributed by atoms with Gasteiger partial charge in [0.1, 0.15) is 10.4 Å². The number of aromatic nitrogens is 2. The molecule has 0 saturated heterocycles. The molecule has 0 bridgehead atoms. The minimum Gasteiger partial charge on any atom is -0.490 e.